The first-order valence-electron chi connectivity index (χ1n) is 5.99. The SMILES string of the molecule is CCCOCCC(NN)c1ccc(C)c(F)c1. The highest BCUT2D eigenvalue weighted by Gasteiger charge is 2.11. The van der Waals surface area contributed by atoms with Crippen LogP contribution >= 0.6 is 0 Å². The Hall–Kier alpha value is -0.970. The molecule has 1 aromatic carbocycles. The molecular formula is C13H21FN2O. The highest BCUT2D eigenvalue weighted by molar-refractivity contribution is 5.25. The van der Waals surface area contributed by atoms with E-state index >= 15 is 0 Å². The van der Waals surface area contributed by atoms with Gasteiger partial charge in [0, 0.05) is 19.3 Å². The average molecular weight is 240 g/mol. The van der Waals surface area contributed by atoms with Crippen LogP contribution in [-0.4, -0.2) is 13.2 Å². The molecule has 1 aromatic rings. The van der Waals surface area contributed by atoms with Crippen molar-refractivity contribution in [1.29, 1.82) is 0 Å². The summed E-state index contributed by atoms with van der Waals surface area (Å²) in [5.41, 5.74) is 4.20. The van der Waals surface area contributed by atoms with E-state index in [2.05, 4.69) is 12.3 Å². The monoisotopic (exact) mass is 240 g/mol. The Labute approximate surface area is 102 Å². The molecule has 0 aliphatic rings. The fraction of sp³-hybridized carbons (Fsp3) is 0.538. The van der Waals surface area contributed by atoms with Crippen LogP contribution in [0.3, 0.4) is 0 Å². The predicted octanol–water partition coefficient (Wildman–Crippen LogP) is 2.46. The van der Waals surface area contributed by atoms with E-state index in [1.807, 2.05) is 6.07 Å². The molecule has 3 N–H and O–H groups in total. The number of rotatable bonds is 7. The van der Waals surface area contributed by atoms with Gasteiger partial charge in [0.2, 0.25) is 0 Å². The van der Waals surface area contributed by atoms with Crippen molar-refractivity contribution >= 4 is 0 Å². The molecule has 0 saturated heterocycles. The predicted molar refractivity (Wildman–Crippen MR) is 66.9 cm³/mol. The molecule has 0 heterocycles. The van der Waals surface area contributed by atoms with Gasteiger partial charge in [0.25, 0.3) is 0 Å². The van der Waals surface area contributed by atoms with Crippen LogP contribution in [0.25, 0.3) is 0 Å². The topological polar surface area (TPSA) is 47.3 Å². The Balaban J connectivity index is 2.56. The minimum Gasteiger partial charge on any atom is -0.381 e. The van der Waals surface area contributed by atoms with E-state index in [1.54, 1.807) is 13.0 Å². The van der Waals surface area contributed by atoms with Crippen LogP contribution in [0.4, 0.5) is 4.39 Å². The Morgan fingerprint density at radius 2 is 2.18 bits per heavy atom. The van der Waals surface area contributed by atoms with Gasteiger partial charge in [-0.3, -0.25) is 11.3 Å². The van der Waals surface area contributed by atoms with Gasteiger partial charge in [-0.1, -0.05) is 19.1 Å². The number of hydrogen-bond acceptors (Lipinski definition) is 3. The first kappa shape index (κ1) is 14.1. The van der Waals surface area contributed by atoms with Crippen LogP contribution in [0.1, 0.15) is 36.9 Å². The smallest absolute Gasteiger partial charge is 0.126 e. The van der Waals surface area contributed by atoms with Gasteiger partial charge < -0.3 is 4.74 Å². The zero-order chi connectivity index (χ0) is 12.7. The molecule has 0 spiro atoms. The lowest BCUT2D eigenvalue weighted by molar-refractivity contribution is 0.124. The summed E-state index contributed by atoms with van der Waals surface area (Å²) in [6, 6.07) is 5.12. The van der Waals surface area contributed by atoms with Crippen molar-refractivity contribution < 1.29 is 9.13 Å². The molecule has 0 radical (unpaired) electrons. The quantitative estimate of drug-likeness (QED) is 0.437. The van der Waals surface area contributed by atoms with Crippen LogP contribution in [-0.2, 0) is 4.74 Å². The number of halogens is 1. The summed E-state index contributed by atoms with van der Waals surface area (Å²) in [5.74, 6) is 5.28. The molecule has 1 atom stereocenters. The molecule has 1 unspecified atom stereocenters. The van der Waals surface area contributed by atoms with Crippen molar-refractivity contribution in [2.75, 3.05) is 13.2 Å². The van der Waals surface area contributed by atoms with Crippen molar-refractivity contribution in [2.24, 2.45) is 5.84 Å². The fourth-order valence-corrected chi connectivity index (χ4v) is 1.62. The van der Waals surface area contributed by atoms with Gasteiger partial charge >= 0.3 is 0 Å². The maximum Gasteiger partial charge on any atom is 0.126 e. The van der Waals surface area contributed by atoms with Crippen LogP contribution in [0.5, 0.6) is 0 Å². The fourth-order valence-electron chi connectivity index (χ4n) is 1.62. The minimum absolute atomic E-state index is 0.0676. The Morgan fingerprint density at radius 1 is 1.41 bits per heavy atom. The zero-order valence-electron chi connectivity index (χ0n) is 10.5. The molecule has 17 heavy (non-hydrogen) atoms. The molecular weight excluding hydrogens is 219 g/mol. The van der Waals surface area contributed by atoms with Crippen molar-refractivity contribution in [3.05, 3.63) is 35.1 Å². The molecule has 1 rings (SSSR count). The van der Waals surface area contributed by atoms with Crippen molar-refractivity contribution in [3.63, 3.8) is 0 Å². The lowest BCUT2D eigenvalue weighted by Crippen LogP contribution is -2.29. The molecule has 0 aromatic heterocycles. The first-order valence-corrected chi connectivity index (χ1v) is 5.99. The van der Waals surface area contributed by atoms with Gasteiger partial charge in [0.15, 0.2) is 0 Å². The van der Waals surface area contributed by atoms with E-state index in [9.17, 15) is 4.39 Å². The van der Waals surface area contributed by atoms with Gasteiger partial charge in [-0.2, -0.15) is 0 Å². The number of aryl methyl sites for hydroxylation is 1. The summed E-state index contributed by atoms with van der Waals surface area (Å²) >= 11 is 0. The molecule has 0 amide bonds. The molecule has 0 aliphatic heterocycles. The Morgan fingerprint density at radius 3 is 2.76 bits per heavy atom. The second kappa shape index (κ2) is 7.37. The lowest BCUT2D eigenvalue weighted by Gasteiger charge is -2.16. The van der Waals surface area contributed by atoms with E-state index < -0.39 is 0 Å². The minimum atomic E-state index is -0.197. The molecule has 0 bridgehead atoms. The van der Waals surface area contributed by atoms with E-state index in [-0.39, 0.29) is 11.9 Å². The van der Waals surface area contributed by atoms with E-state index in [4.69, 9.17) is 10.6 Å². The summed E-state index contributed by atoms with van der Waals surface area (Å²) in [4.78, 5) is 0. The summed E-state index contributed by atoms with van der Waals surface area (Å²) < 4.78 is 18.8. The number of hydrazine groups is 1. The van der Waals surface area contributed by atoms with Crippen LogP contribution in [0.2, 0.25) is 0 Å². The van der Waals surface area contributed by atoms with Gasteiger partial charge in [-0.25, -0.2) is 4.39 Å². The van der Waals surface area contributed by atoms with Crippen LogP contribution in [0.15, 0.2) is 18.2 Å². The largest absolute Gasteiger partial charge is 0.381 e. The maximum atomic E-state index is 13.4. The molecule has 0 fully saturated rings. The molecule has 96 valence electrons. The zero-order valence-corrected chi connectivity index (χ0v) is 10.5. The van der Waals surface area contributed by atoms with Crippen LogP contribution in [0, 0.1) is 12.7 Å². The van der Waals surface area contributed by atoms with E-state index in [1.165, 1.54) is 6.07 Å². The molecule has 3 nitrogen and oxygen atoms in total. The Kier molecular flexibility index (Phi) is 6.11. The van der Waals surface area contributed by atoms with Gasteiger partial charge in [-0.05, 0) is 37.0 Å². The number of benzene rings is 1. The molecule has 4 heteroatoms. The summed E-state index contributed by atoms with van der Waals surface area (Å²) in [5, 5.41) is 0. The normalized spacial score (nSPS) is 12.7. The number of hydrogen-bond donors (Lipinski definition) is 2. The Bertz CT molecular complexity index is 344. The highest BCUT2D eigenvalue weighted by Crippen LogP contribution is 2.18. The third kappa shape index (κ3) is 4.42. The maximum absolute atomic E-state index is 13.4. The summed E-state index contributed by atoms with van der Waals surface area (Å²) in [6.07, 6.45) is 1.74. The van der Waals surface area contributed by atoms with Gasteiger partial charge in [-0.15, -0.1) is 0 Å². The number of nitrogens with two attached hydrogens (primary N) is 1. The highest BCUT2D eigenvalue weighted by atomic mass is 19.1. The number of ether oxygens (including phenoxy) is 1. The first-order chi connectivity index (χ1) is 8.19. The van der Waals surface area contributed by atoms with Gasteiger partial charge in [0.1, 0.15) is 5.82 Å². The van der Waals surface area contributed by atoms with E-state index in [0.29, 0.717) is 12.2 Å². The number of nitrogens with one attached hydrogen (secondary N) is 1. The average Bonchev–Trinajstić information content (AvgIpc) is 2.33. The third-order valence-corrected chi connectivity index (χ3v) is 2.70. The van der Waals surface area contributed by atoms with Crippen LogP contribution < -0.4 is 11.3 Å². The second-order valence-corrected chi connectivity index (χ2v) is 4.13. The second-order valence-electron chi connectivity index (χ2n) is 4.13. The summed E-state index contributed by atoms with van der Waals surface area (Å²) in [7, 11) is 0. The lowest BCUT2D eigenvalue weighted by atomic mass is 10.0. The van der Waals surface area contributed by atoms with Gasteiger partial charge in [0.05, 0.1) is 0 Å². The molecule has 0 aliphatic carbocycles. The van der Waals surface area contributed by atoms with Crippen molar-refractivity contribution in [1.82, 2.24) is 5.43 Å². The van der Waals surface area contributed by atoms with Crippen molar-refractivity contribution in [2.45, 2.75) is 32.7 Å². The standard InChI is InChI=1S/C13H21FN2O/c1-3-7-17-8-6-13(16-15)11-5-4-10(2)12(14)9-11/h4-5,9,13,16H,3,6-8,15H2,1-2H3. The van der Waals surface area contributed by atoms with E-state index in [0.717, 1.165) is 25.0 Å². The molecule has 0 saturated carbocycles. The van der Waals surface area contributed by atoms with Crippen molar-refractivity contribution in [3.8, 4) is 0 Å². The summed E-state index contributed by atoms with van der Waals surface area (Å²) in [6.45, 7) is 5.18. The third-order valence-electron chi connectivity index (χ3n) is 2.70.